The maximum atomic E-state index is 11.8. The van der Waals surface area contributed by atoms with Crippen molar-refractivity contribution < 1.29 is 9.53 Å². The molecule has 0 aliphatic heterocycles. The molecule has 1 aromatic carbocycles. The van der Waals surface area contributed by atoms with Gasteiger partial charge >= 0.3 is 6.03 Å². The lowest BCUT2D eigenvalue weighted by molar-refractivity contribution is 0.222. The van der Waals surface area contributed by atoms with Gasteiger partial charge in [0.15, 0.2) is 0 Å². The first-order valence-corrected chi connectivity index (χ1v) is 6.32. The molecule has 0 aliphatic carbocycles. The van der Waals surface area contributed by atoms with Gasteiger partial charge < -0.3 is 15.0 Å². The van der Waals surface area contributed by atoms with E-state index in [-0.39, 0.29) is 6.03 Å². The number of amides is 2. The molecular weight excluding hydrogens is 252 g/mol. The molecule has 0 spiro atoms. The van der Waals surface area contributed by atoms with E-state index in [2.05, 4.69) is 12.2 Å². The minimum absolute atomic E-state index is 0.135. The standard InChI is InChI=1S/C13H19ClN2O2/c1-4-5-8-16(2)13(17)15-10-6-7-12(18-3)11(14)9-10/h6-7,9H,4-5,8H2,1-3H3,(H,15,17). The van der Waals surface area contributed by atoms with Gasteiger partial charge in [-0.1, -0.05) is 24.9 Å². The lowest BCUT2D eigenvalue weighted by Crippen LogP contribution is -2.32. The molecule has 0 saturated heterocycles. The van der Waals surface area contributed by atoms with Crippen molar-refractivity contribution in [3.05, 3.63) is 23.2 Å². The van der Waals surface area contributed by atoms with E-state index >= 15 is 0 Å². The highest BCUT2D eigenvalue weighted by Crippen LogP contribution is 2.27. The lowest BCUT2D eigenvalue weighted by Gasteiger charge is -2.17. The lowest BCUT2D eigenvalue weighted by atomic mass is 10.3. The molecule has 1 rings (SSSR count). The van der Waals surface area contributed by atoms with Gasteiger partial charge in [0.05, 0.1) is 12.1 Å². The fourth-order valence-electron chi connectivity index (χ4n) is 1.46. The van der Waals surface area contributed by atoms with E-state index in [1.54, 1.807) is 37.3 Å². The zero-order valence-electron chi connectivity index (χ0n) is 11.0. The molecule has 1 aromatic rings. The van der Waals surface area contributed by atoms with Gasteiger partial charge in [-0.15, -0.1) is 0 Å². The van der Waals surface area contributed by atoms with Crippen LogP contribution in [0.4, 0.5) is 10.5 Å². The monoisotopic (exact) mass is 270 g/mol. The van der Waals surface area contributed by atoms with Crippen LogP contribution in [0.1, 0.15) is 19.8 Å². The second kappa shape index (κ2) is 7.11. The predicted molar refractivity (Wildman–Crippen MR) is 74.6 cm³/mol. The molecule has 0 aromatic heterocycles. The first-order valence-electron chi connectivity index (χ1n) is 5.94. The maximum Gasteiger partial charge on any atom is 0.321 e. The SMILES string of the molecule is CCCCN(C)C(=O)Nc1ccc(OC)c(Cl)c1. The van der Waals surface area contributed by atoms with E-state index in [0.29, 0.717) is 16.5 Å². The summed E-state index contributed by atoms with van der Waals surface area (Å²) in [5.41, 5.74) is 0.661. The zero-order chi connectivity index (χ0) is 13.5. The van der Waals surface area contributed by atoms with Crippen LogP contribution in [0.15, 0.2) is 18.2 Å². The van der Waals surface area contributed by atoms with Crippen molar-refractivity contribution in [2.45, 2.75) is 19.8 Å². The van der Waals surface area contributed by atoms with Crippen molar-refractivity contribution in [3.8, 4) is 5.75 Å². The normalized spacial score (nSPS) is 10.0. The van der Waals surface area contributed by atoms with Crippen molar-refractivity contribution in [1.82, 2.24) is 4.90 Å². The number of carbonyl (C=O) groups excluding carboxylic acids is 1. The molecule has 0 bridgehead atoms. The fraction of sp³-hybridized carbons (Fsp3) is 0.462. The summed E-state index contributed by atoms with van der Waals surface area (Å²) in [4.78, 5) is 13.5. The summed E-state index contributed by atoms with van der Waals surface area (Å²) in [5.74, 6) is 0.592. The summed E-state index contributed by atoms with van der Waals surface area (Å²) >= 11 is 5.99. The smallest absolute Gasteiger partial charge is 0.321 e. The number of hydrogen-bond acceptors (Lipinski definition) is 2. The molecule has 0 saturated carbocycles. The molecule has 100 valence electrons. The summed E-state index contributed by atoms with van der Waals surface area (Å²) in [6, 6.07) is 5.02. The van der Waals surface area contributed by atoms with Crippen LogP contribution >= 0.6 is 11.6 Å². The third-order valence-corrected chi connectivity index (χ3v) is 2.89. The van der Waals surface area contributed by atoms with Crippen molar-refractivity contribution in [2.24, 2.45) is 0 Å². The van der Waals surface area contributed by atoms with Gasteiger partial charge in [-0.2, -0.15) is 0 Å². The van der Waals surface area contributed by atoms with Gasteiger partial charge in [0.1, 0.15) is 5.75 Å². The summed E-state index contributed by atoms with van der Waals surface area (Å²) in [6.07, 6.45) is 2.05. The van der Waals surface area contributed by atoms with Crippen LogP contribution < -0.4 is 10.1 Å². The van der Waals surface area contributed by atoms with Crippen LogP contribution in [0, 0.1) is 0 Å². The van der Waals surface area contributed by atoms with E-state index in [1.165, 1.54) is 0 Å². The summed E-state index contributed by atoms with van der Waals surface area (Å²) in [7, 11) is 3.33. The second-order valence-corrected chi connectivity index (χ2v) is 4.46. The summed E-state index contributed by atoms with van der Waals surface area (Å²) in [5, 5.41) is 3.27. The molecule has 0 heterocycles. The second-order valence-electron chi connectivity index (χ2n) is 4.05. The minimum Gasteiger partial charge on any atom is -0.495 e. The van der Waals surface area contributed by atoms with Crippen LogP contribution in [-0.4, -0.2) is 31.6 Å². The first kappa shape index (κ1) is 14.6. The van der Waals surface area contributed by atoms with E-state index in [1.807, 2.05) is 0 Å². The average molecular weight is 271 g/mol. The Morgan fingerprint density at radius 1 is 1.50 bits per heavy atom. The number of hydrogen-bond donors (Lipinski definition) is 1. The van der Waals surface area contributed by atoms with Crippen LogP contribution in [0.25, 0.3) is 0 Å². The summed E-state index contributed by atoms with van der Waals surface area (Å²) < 4.78 is 5.05. The highest BCUT2D eigenvalue weighted by atomic mass is 35.5. The molecule has 5 heteroatoms. The Kier molecular flexibility index (Phi) is 5.78. The number of methoxy groups -OCH3 is 1. The number of nitrogens with zero attached hydrogens (tertiary/aromatic N) is 1. The third-order valence-electron chi connectivity index (χ3n) is 2.60. The van der Waals surface area contributed by atoms with E-state index in [4.69, 9.17) is 16.3 Å². The molecular formula is C13H19ClN2O2. The Morgan fingerprint density at radius 3 is 2.78 bits per heavy atom. The number of rotatable bonds is 5. The highest BCUT2D eigenvalue weighted by Gasteiger charge is 2.09. The number of ether oxygens (including phenoxy) is 1. The largest absolute Gasteiger partial charge is 0.495 e. The van der Waals surface area contributed by atoms with Crippen molar-refractivity contribution in [3.63, 3.8) is 0 Å². The quantitative estimate of drug-likeness (QED) is 0.888. The predicted octanol–water partition coefficient (Wildman–Crippen LogP) is 3.61. The molecule has 0 fully saturated rings. The number of halogens is 1. The Hall–Kier alpha value is -1.42. The van der Waals surface area contributed by atoms with Gasteiger partial charge in [0, 0.05) is 19.3 Å². The first-order chi connectivity index (χ1) is 8.58. The van der Waals surface area contributed by atoms with Crippen molar-refractivity contribution in [2.75, 3.05) is 26.0 Å². The maximum absolute atomic E-state index is 11.8. The molecule has 18 heavy (non-hydrogen) atoms. The third kappa shape index (κ3) is 4.11. The molecule has 0 unspecified atom stereocenters. The number of benzene rings is 1. The van der Waals surface area contributed by atoms with Crippen LogP contribution in [-0.2, 0) is 0 Å². The minimum atomic E-state index is -0.135. The molecule has 0 aliphatic rings. The fourth-order valence-corrected chi connectivity index (χ4v) is 1.72. The molecule has 0 atom stereocenters. The van der Waals surface area contributed by atoms with Gasteiger partial charge in [-0.25, -0.2) is 4.79 Å². The number of carbonyl (C=O) groups is 1. The van der Waals surface area contributed by atoms with Crippen LogP contribution in [0.2, 0.25) is 5.02 Å². The van der Waals surface area contributed by atoms with Crippen LogP contribution in [0.3, 0.4) is 0 Å². The molecule has 0 radical (unpaired) electrons. The van der Waals surface area contributed by atoms with Gasteiger partial charge in [0.25, 0.3) is 0 Å². The van der Waals surface area contributed by atoms with E-state index in [9.17, 15) is 4.79 Å². The Bertz CT molecular complexity index is 410. The topological polar surface area (TPSA) is 41.6 Å². The number of urea groups is 1. The number of unbranched alkanes of at least 4 members (excludes halogenated alkanes) is 1. The van der Waals surface area contributed by atoms with E-state index in [0.717, 1.165) is 19.4 Å². The van der Waals surface area contributed by atoms with Gasteiger partial charge in [-0.05, 0) is 24.6 Å². The molecule has 4 nitrogen and oxygen atoms in total. The highest BCUT2D eigenvalue weighted by molar-refractivity contribution is 6.32. The number of nitrogens with one attached hydrogen (secondary N) is 1. The van der Waals surface area contributed by atoms with E-state index < -0.39 is 0 Å². The number of anilines is 1. The van der Waals surface area contributed by atoms with Gasteiger partial charge in [-0.3, -0.25) is 0 Å². The average Bonchev–Trinajstić information content (AvgIpc) is 2.36. The Balaban J connectivity index is 2.61. The van der Waals surface area contributed by atoms with Crippen molar-refractivity contribution in [1.29, 1.82) is 0 Å². The Labute approximate surface area is 113 Å². The summed E-state index contributed by atoms with van der Waals surface area (Å²) in [6.45, 7) is 2.83. The van der Waals surface area contributed by atoms with Crippen molar-refractivity contribution >= 4 is 23.3 Å². The molecule has 1 N–H and O–H groups in total. The van der Waals surface area contributed by atoms with Crippen LogP contribution in [0.5, 0.6) is 5.75 Å². The zero-order valence-corrected chi connectivity index (χ0v) is 11.8. The Morgan fingerprint density at radius 2 is 2.22 bits per heavy atom. The van der Waals surface area contributed by atoms with Gasteiger partial charge in [0.2, 0.25) is 0 Å². The molecule has 2 amide bonds.